The van der Waals surface area contributed by atoms with Crippen molar-refractivity contribution in [2.75, 3.05) is 25.5 Å². The Kier molecular flexibility index (Phi) is 7.49. The Balaban J connectivity index is 1.80. The number of methoxy groups -OCH3 is 1. The van der Waals surface area contributed by atoms with E-state index in [1.165, 1.54) is 0 Å². The van der Waals surface area contributed by atoms with Gasteiger partial charge in [0, 0.05) is 24.3 Å². The molecule has 3 N–H and O–H groups in total. The van der Waals surface area contributed by atoms with Gasteiger partial charge in [-0.1, -0.05) is 25.1 Å². The highest BCUT2D eigenvalue weighted by molar-refractivity contribution is 5.95. The predicted molar refractivity (Wildman–Crippen MR) is 102 cm³/mol. The Morgan fingerprint density at radius 2 is 1.81 bits per heavy atom. The minimum Gasteiger partial charge on any atom is -0.497 e. The molecule has 138 valence electrons. The SMILES string of the molecule is CCCNC(=O)c1cccc(NCC(=O)NCc2ccc(OC)cc2)c1. The highest BCUT2D eigenvalue weighted by atomic mass is 16.5. The van der Waals surface area contributed by atoms with Crippen molar-refractivity contribution in [2.24, 2.45) is 0 Å². The van der Waals surface area contributed by atoms with Gasteiger partial charge >= 0.3 is 0 Å². The van der Waals surface area contributed by atoms with Gasteiger partial charge in [0.25, 0.3) is 5.91 Å². The van der Waals surface area contributed by atoms with Gasteiger partial charge in [-0.3, -0.25) is 9.59 Å². The molecule has 0 saturated carbocycles. The Morgan fingerprint density at radius 1 is 1.04 bits per heavy atom. The zero-order valence-electron chi connectivity index (χ0n) is 15.2. The van der Waals surface area contributed by atoms with Gasteiger partial charge in [-0.25, -0.2) is 0 Å². The van der Waals surface area contributed by atoms with Crippen LogP contribution in [0.25, 0.3) is 0 Å². The number of nitrogens with one attached hydrogen (secondary N) is 3. The monoisotopic (exact) mass is 355 g/mol. The van der Waals surface area contributed by atoms with E-state index < -0.39 is 0 Å². The molecular weight excluding hydrogens is 330 g/mol. The average Bonchev–Trinajstić information content (AvgIpc) is 2.69. The van der Waals surface area contributed by atoms with Gasteiger partial charge in [-0.05, 0) is 42.3 Å². The van der Waals surface area contributed by atoms with Crippen LogP contribution >= 0.6 is 0 Å². The number of carbonyl (C=O) groups is 2. The molecule has 6 heteroatoms. The lowest BCUT2D eigenvalue weighted by molar-refractivity contribution is -0.119. The molecule has 0 unspecified atom stereocenters. The van der Waals surface area contributed by atoms with Gasteiger partial charge in [0.15, 0.2) is 0 Å². The minimum absolute atomic E-state index is 0.112. The molecule has 0 aliphatic carbocycles. The number of rotatable bonds is 9. The van der Waals surface area contributed by atoms with Crippen LogP contribution in [0.5, 0.6) is 5.75 Å². The molecular formula is C20H25N3O3. The predicted octanol–water partition coefficient (Wildman–Crippen LogP) is 2.56. The maximum absolute atomic E-state index is 12.0. The first kappa shape index (κ1) is 19.3. The van der Waals surface area contributed by atoms with Crippen molar-refractivity contribution in [3.05, 3.63) is 59.7 Å². The summed E-state index contributed by atoms with van der Waals surface area (Å²) in [7, 11) is 1.62. The van der Waals surface area contributed by atoms with Gasteiger partial charge in [0.2, 0.25) is 5.91 Å². The molecule has 2 rings (SSSR count). The van der Waals surface area contributed by atoms with E-state index in [0.29, 0.717) is 18.7 Å². The second-order valence-corrected chi connectivity index (χ2v) is 5.82. The third-order valence-electron chi connectivity index (χ3n) is 3.76. The molecule has 0 aliphatic rings. The van der Waals surface area contributed by atoms with E-state index >= 15 is 0 Å². The molecule has 2 amide bonds. The van der Waals surface area contributed by atoms with Crippen LogP contribution in [-0.4, -0.2) is 32.0 Å². The fraction of sp³-hybridized carbons (Fsp3) is 0.300. The summed E-state index contributed by atoms with van der Waals surface area (Å²) < 4.78 is 5.10. The molecule has 2 aromatic carbocycles. The molecule has 0 spiro atoms. The lowest BCUT2D eigenvalue weighted by Crippen LogP contribution is -2.29. The molecule has 0 saturated heterocycles. The summed E-state index contributed by atoms with van der Waals surface area (Å²) >= 11 is 0. The molecule has 0 aromatic heterocycles. The summed E-state index contributed by atoms with van der Waals surface area (Å²) in [6.45, 7) is 3.23. The zero-order chi connectivity index (χ0) is 18.8. The van der Waals surface area contributed by atoms with Crippen LogP contribution in [0.4, 0.5) is 5.69 Å². The molecule has 0 radical (unpaired) electrons. The van der Waals surface area contributed by atoms with E-state index in [9.17, 15) is 9.59 Å². The summed E-state index contributed by atoms with van der Waals surface area (Å²) in [5.74, 6) is 0.547. The van der Waals surface area contributed by atoms with Crippen molar-refractivity contribution in [1.29, 1.82) is 0 Å². The van der Waals surface area contributed by atoms with E-state index in [0.717, 1.165) is 23.4 Å². The van der Waals surface area contributed by atoms with Gasteiger partial charge in [-0.15, -0.1) is 0 Å². The summed E-state index contributed by atoms with van der Waals surface area (Å²) in [6, 6.07) is 14.6. The Hall–Kier alpha value is -3.02. The number of anilines is 1. The number of hydrogen-bond donors (Lipinski definition) is 3. The number of benzene rings is 2. The topological polar surface area (TPSA) is 79.5 Å². The van der Waals surface area contributed by atoms with Crippen molar-refractivity contribution in [1.82, 2.24) is 10.6 Å². The van der Waals surface area contributed by atoms with Gasteiger partial charge in [0.1, 0.15) is 5.75 Å². The molecule has 2 aromatic rings. The first-order valence-electron chi connectivity index (χ1n) is 8.64. The highest BCUT2D eigenvalue weighted by Crippen LogP contribution is 2.12. The third kappa shape index (κ3) is 6.12. The minimum atomic E-state index is -0.123. The number of hydrogen-bond acceptors (Lipinski definition) is 4. The third-order valence-corrected chi connectivity index (χ3v) is 3.76. The van der Waals surface area contributed by atoms with Crippen molar-refractivity contribution < 1.29 is 14.3 Å². The van der Waals surface area contributed by atoms with Crippen molar-refractivity contribution in [3.8, 4) is 5.75 Å². The fourth-order valence-electron chi connectivity index (χ4n) is 2.30. The second-order valence-electron chi connectivity index (χ2n) is 5.82. The van der Waals surface area contributed by atoms with Crippen LogP contribution in [0.1, 0.15) is 29.3 Å². The first-order valence-corrected chi connectivity index (χ1v) is 8.64. The van der Waals surface area contributed by atoms with Crippen LogP contribution in [0.3, 0.4) is 0 Å². The normalized spacial score (nSPS) is 10.1. The van der Waals surface area contributed by atoms with Crippen LogP contribution in [0, 0.1) is 0 Å². The Morgan fingerprint density at radius 3 is 2.50 bits per heavy atom. The summed E-state index contributed by atoms with van der Waals surface area (Å²) in [5, 5.41) is 8.72. The van der Waals surface area contributed by atoms with Gasteiger partial charge < -0.3 is 20.7 Å². The summed E-state index contributed by atoms with van der Waals surface area (Å²) in [5.41, 5.74) is 2.30. The number of amides is 2. The molecule has 0 heterocycles. The smallest absolute Gasteiger partial charge is 0.251 e. The van der Waals surface area contributed by atoms with E-state index in [4.69, 9.17) is 4.74 Å². The van der Waals surface area contributed by atoms with Crippen molar-refractivity contribution in [3.63, 3.8) is 0 Å². The highest BCUT2D eigenvalue weighted by Gasteiger charge is 2.06. The molecule has 0 aliphatic heterocycles. The van der Waals surface area contributed by atoms with Crippen LogP contribution in [0.15, 0.2) is 48.5 Å². The lowest BCUT2D eigenvalue weighted by atomic mass is 10.2. The maximum atomic E-state index is 12.0. The molecule has 0 bridgehead atoms. The number of ether oxygens (including phenoxy) is 1. The Bertz CT molecular complexity index is 729. The van der Waals surface area contributed by atoms with Crippen LogP contribution < -0.4 is 20.7 Å². The maximum Gasteiger partial charge on any atom is 0.251 e. The van der Waals surface area contributed by atoms with Gasteiger partial charge in [-0.2, -0.15) is 0 Å². The van der Waals surface area contributed by atoms with Gasteiger partial charge in [0.05, 0.1) is 13.7 Å². The standard InChI is InChI=1S/C20H25N3O3/c1-3-11-21-20(25)16-5-4-6-17(12-16)22-14-19(24)23-13-15-7-9-18(26-2)10-8-15/h4-10,12,22H,3,11,13-14H2,1-2H3,(H,21,25)(H,23,24). The zero-order valence-corrected chi connectivity index (χ0v) is 15.2. The summed E-state index contributed by atoms with van der Waals surface area (Å²) in [4.78, 5) is 24.0. The van der Waals surface area contributed by atoms with Crippen molar-refractivity contribution >= 4 is 17.5 Å². The average molecular weight is 355 g/mol. The summed E-state index contributed by atoms with van der Waals surface area (Å²) in [6.07, 6.45) is 0.887. The molecule has 0 fully saturated rings. The molecule has 26 heavy (non-hydrogen) atoms. The lowest BCUT2D eigenvalue weighted by Gasteiger charge is -2.10. The van der Waals surface area contributed by atoms with Crippen LogP contribution in [0.2, 0.25) is 0 Å². The van der Waals surface area contributed by atoms with Crippen molar-refractivity contribution in [2.45, 2.75) is 19.9 Å². The Labute approximate surface area is 153 Å². The van der Waals surface area contributed by atoms with E-state index in [-0.39, 0.29) is 18.4 Å². The van der Waals surface area contributed by atoms with E-state index in [1.54, 1.807) is 25.3 Å². The second kappa shape index (κ2) is 10.1. The van der Waals surface area contributed by atoms with Crippen LogP contribution in [-0.2, 0) is 11.3 Å². The number of carbonyl (C=O) groups excluding carboxylic acids is 2. The first-order chi connectivity index (χ1) is 12.6. The molecule has 6 nitrogen and oxygen atoms in total. The quantitative estimate of drug-likeness (QED) is 0.646. The van der Waals surface area contributed by atoms with E-state index in [1.807, 2.05) is 37.3 Å². The molecule has 0 atom stereocenters. The largest absolute Gasteiger partial charge is 0.497 e. The van der Waals surface area contributed by atoms with E-state index in [2.05, 4.69) is 16.0 Å². The fourth-order valence-corrected chi connectivity index (χ4v) is 2.30.